The second kappa shape index (κ2) is 5.85. The predicted octanol–water partition coefficient (Wildman–Crippen LogP) is 1.95. The van der Waals surface area contributed by atoms with Crippen LogP contribution in [0, 0.1) is 0 Å². The zero-order chi connectivity index (χ0) is 15.8. The Morgan fingerprint density at radius 3 is 2.68 bits per heavy atom. The van der Waals surface area contributed by atoms with Gasteiger partial charge in [0.2, 0.25) is 0 Å². The number of aryl methyl sites for hydroxylation is 1. The number of anilines is 1. The average Bonchev–Trinajstić information content (AvgIpc) is 2.48. The van der Waals surface area contributed by atoms with E-state index in [9.17, 15) is 8.42 Å². The van der Waals surface area contributed by atoms with Crippen molar-refractivity contribution in [3.05, 3.63) is 29.8 Å². The quantitative estimate of drug-likeness (QED) is 0.853. The number of hydrogen-bond donors (Lipinski definition) is 0. The number of nitrogens with zero attached hydrogens (tertiary/aromatic N) is 2. The third-order valence-corrected chi connectivity index (χ3v) is 7.55. The average molecular weight is 322 g/mol. The van der Waals surface area contributed by atoms with Gasteiger partial charge in [-0.05, 0) is 38.3 Å². The van der Waals surface area contributed by atoms with E-state index in [1.165, 1.54) is 24.1 Å². The SMILES string of the molecule is CC1(C)CN(CCN2CCCc3ccccc32)CCS1(=O)=O. The fourth-order valence-electron chi connectivity index (χ4n) is 3.54. The first-order chi connectivity index (χ1) is 10.4. The van der Waals surface area contributed by atoms with Crippen LogP contribution in [0.3, 0.4) is 0 Å². The van der Waals surface area contributed by atoms with Gasteiger partial charge in [-0.3, -0.25) is 4.90 Å². The summed E-state index contributed by atoms with van der Waals surface area (Å²) in [6.07, 6.45) is 2.37. The van der Waals surface area contributed by atoms with Crippen LogP contribution in [0.25, 0.3) is 0 Å². The number of hydrogen-bond acceptors (Lipinski definition) is 4. The number of sulfone groups is 1. The van der Waals surface area contributed by atoms with Crippen molar-refractivity contribution >= 4 is 15.5 Å². The second-order valence-corrected chi connectivity index (χ2v) is 9.82. The van der Waals surface area contributed by atoms with Crippen LogP contribution >= 0.6 is 0 Å². The molecule has 0 radical (unpaired) electrons. The molecule has 2 aliphatic heterocycles. The molecule has 122 valence electrons. The Bertz CT molecular complexity index is 640. The summed E-state index contributed by atoms with van der Waals surface area (Å²) in [5.74, 6) is 0.288. The highest BCUT2D eigenvalue weighted by Gasteiger charge is 2.39. The lowest BCUT2D eigenvalue weighted by Gasteiger charge is -2.39. The topological polar surface area (TPSA) is 40.6 Å². The summed E-state index contributed by atoms with van der Waals surface area (Å²) in [7, 11) is -2.94. The van der Waals surface area contributed by atoms with Crippen LogP contribution in [0.1, 0.15) is 25.8 Å². The third-order valence-electron chi connectivity index (χ3n) is 5.02. The van der Waals surface area contributed by atoms with Crippen LogP contribution in [0.5, 0.6) is 0 Å². The smallest absolute Gasteiger partial charge is 0.157 e. The number of benzene rings is 1. The first-order valence-electron chi connectivity index (χ1n) is 8.17. The van der Waals surface area contributed by atoms with E-state index in [0.717, 1.165) is 19.6 Å². The van der Waals surface area contributed by atoms with E-state index in [1.54, 1.807) is 0 Å². The molecule has 0 spiro atoms. The molecule has 1 fully saturated rings. The highest BCUT2D eigenvalue weighted by Crippen LogP contribution is 2.27. The maximum absolute atomic E-state index is 12.1. The van der Waals surface area contributed by atoms with Crippen LogP contribution in [0.2, 0.25) is 0 Å². The lowest BCUT2D eigenvalue weighted by atomic mass is 10.0. The molecule has 1 aromatic rings. The molecule has 2 heterocycles. The molecule has 1 aromatic carbocycles. The molecular formula is C17H26N2O2S. The normalized spacial score (nSPS) is 24.0. The molecular weight excluding hydrogens is 296 g/mol. The lowest BCUT2D eigenvalue weighted by Crippen LogP contribution is -2.54. The Kier molecular flexibility index (Phi) is 4.21. The third kappa shape index (κ3) is 3.01. The van der Waals surface area contributed by atoms with Gasteiger partial charge in [-0.15, -0.1) is 0 Å². The van der Waals surface area contributed by atoms with Crippen LogP contribution < -0.4 is 4.90 Å². The minimum absolute atomic E-state index is 0.288. The summed E-state index contributed by atoms with van der Waals surface area (Å²) in [4.78, 5) is 4.76. The first-order valence-corrected chi connectivity index (χ1v) is 9.82. The zero-order valence-electron chi connectivity index (χ0n) is 13.6. The Morgan fingerprint density at radius 1 is 1.14 bits per heavy atom. The summed E-state index contributed by atoms with van der Waals surface area (Å²) in [5.41, 5.74) is 2.80. The number of para-hydroxylation sites is 1. The summed E-state index contributed by atoms with van der Waals surface area (Å²) < 4.78 is 23.5. The van der Waals surface area contributed by atoms with Crippen LogP contribution in [-0.4, -0.2) is 56.5 Å². The first kappa shape index (κ1) is 15.8. The molecule has 0 atom stereocenters. The molecule has 0 saturated carbocycles. The largest absolute Gasteiger partial charge is 0.370 e. The van der Waals surface area contributed by atoms with Gasteiger partial charge >= 0.3 is 0 Å². The van der Waals surface area contributed by atoms with Gasteiger partial charge in [-0.25, -0.2) is 8.42 Å². The predicted molar refractivity (Wildman–Crippen MR) is 91.3 cm³/mol. The standard InChI is InChI=1S/C17H26N2O2S/c1-17(2)14-18(12-13-22(17,20)21)10-11-19-9-5-7-15-6-3-4-8-16(15)19/h3-4,6,8H,5,7,9-14H2,1-2H3. The summed E-state index contributed by atoms with van der Waals surface area (Å²) >= 11 is 0. The maximum atomic E-state index is 12.1. The van der Waals surface area contributed by atoms with E-state index < -0.39 is 14.6 Å². The van der Waals surface area contributed by atoms with Crippen LogP contribution in [0.4, 0.5) is 5.69 Å². The molecule has 1 saturated heterocycles. The molecule has 0 aromatic heterocycles. The molecule has 22 heavy (non-hydrogen) atoms. The van der Waals surface area contributed by atoms with E-state index in [1.807, 2.05) is 13.8 Å². The minimum atomic E-state index is -2.94. The molecule has 0 amide bonds. The molecule has 3 rings (SSSR count). The molecule has 0 aliphatic carbocycles. The van der Waals surface area contributed by atoms with Gasteiger partial charge in [0, 0.05) is 38.4 Å². The highest BCUT2D eigenvalue weighted by molar-refractivity contribution is 7.92. The zero-order valence-corrected chi connectivity index (χ0v) is 14.4. The molecule has 0 bridgehead atoms. The number of fused-ring (bicyclic) bond motifs is 1. The van der Waals surface area contributed by atoms with Gasteiger partial charge in [-0.1, -0.05) is 18.2 Å². The van der Waals surface area contributed by atoms with Crippen molar-refractivity contribution in [1.82, 2.24) is 4.90 Å². The van der Waals surface area contributed by atoms with Crippen molar-refractivity contribution in [3.63, 3.8) is 0 Å². The highest BCUT2D eigenvalue weighted by atomic mass is 32.2. The maximum Gasteiger partial charge on any atom is 0.157 e. The molecule has 0 unspecified atom stereocenters. The van der Waals surface area contributed by atoms with Gasteiger partial charge in [-0.2, -0.15) is 0 Å². The van der Waals surface area contributed by atoms with E-state index in [0.29, 0.717) is 13.1 Å². The number of rotatable bonds is 3. The lowest BCUT2D eigenvalue weighted by molar-refractivity contribution is 0.253. The van der Waals surface area contributed by atoms with Gasteiger partial charge in [0.05, 0.1) is 10.5 Å². The van der Waals surface area contributed by atoms with Crippen LogP contribution in [0.15, 0.2) is 24.3 Å². The van der Waals surface area contributed by atoms with Gasteiger partial charge in [0.15, 0.2) is 9.84 Å². The Morgan fingerprint density at radius 2 is 1.91 bits per heavy atom. The Hall–Kier alpha value is -1.07. The van der Waals surface area contributed by atoms with Gasteiger partial charge < -0.3 is 4.90 Å². The molecule has 0 N–H and O–H groups in total. The summed E-state index contributed by atoms with van der Waals surface area (Å²) in [5, 5.41) is 0. The van der Waals surface area contributed by atoms with E-state index in [2.05, 4.69) is 34.1 Å². The summed E-state index contributed by atoms with van der Waals surface area (Å²) in [6.45, 7) is 8.04. The fourth-order valence-corrected chi connectivity index (χ4v) is 4.97. The fraction of sp³-hybridized carbons (Fsp3) is 0.647. The molecule has 4 nitrogen and oxygen atoms in total. The van der Waals surface area contributed by atoms with Gasteiger partial charge in [0.1, 0.15) is 0 Å². The van der Waals surface area contributed by atoms with Crippen LogP contribution in [-0.2, 0) is 16.3 Å². The van der Waals surface area contributed by atoms with Crippen molar-refractivity contribution < 1.29 is 8.42 Å². The van der Waals surface area contributed by atoms with Crippen molar-refractivity contribution in [2.45, 2.75) is 31.4 Å². The Labute approximate surface area is 134 Å². The van der Waals surface area contributed by atoms with Crippen molar-refractivity contribution in [2.24, 2.45) is 0 Å². The van der Waals surface area contributed by atoms with E-state index in [4.69, 9.17) is 0 Å². The van der Waals surface area contributed by atoms with Crippen molar-refractivity contribution in [2.75, 3.05) is 43.4 Å². The van der Waals surface area contributed by atoms with Gasteiger partial charge in [0.25, 0.3) is 0 Å². The summed E-state index contributed by atoms with van der Waals surface area (Å²) in [6, 6.07) is 8.64. The molecule has 5 heteroatoms. The Balaban J connectivity index is 1.63. The second-order valence-electron chi connectivity index (χ2n) is 7.07. The van der Waals surface area contributed by atoms with E-state index >= 15 is 0 Å². The molecule has 2 aliphatic rings. The minimum Gasteiger partial charge on any atom is -0.370 e. The monoisotopic (exact) mass is 322 g/mol. The van der Waals surface area contributed by atoms with E-state index in [-0.39, 0.29) is 5.75 Å². The van der Waals surface area contributed by atoms with Crippen molar-refractivity contribution in [3.8, 4) is 0 Å². The van der Waals surface area contributed by atoms with Crippen molar-refractivity contribution in [1.29, 1.82) is 0 Å².